The van der Waals surface area contributed by atoms with Crippen molar-refractivity contribution in [3.63, 3.8) is 0 Å². The van der Waals surface area contributed by atoms with E-state index in [4.69, 9.17) is 16.2 Å². The first-order valence-electron chi connectivity index (χ1n) is 14.1. The summed E-state index contributed by atoms with van der Waals surface area (Å²) < 4.78 is 64.3. The van der Waals surface area contributed by atoms with E-state index in [2.05, 4.69) is 24.9 Å². The third-order valence-corrected chi connectivity index (χ3v) is 7.83. The fourth-order valence-corrected chi connectivity index (χ4v) is 5.50. The number of aliphatic hydroxyl groups is 1. The van der Waals surface area contributed by atoms with E-state index < -0.39 is 41.4 Å². The first kappa shape index (κ1) is 30.8. The number of rotatable bonds is 8. The lowest BCUT2D eigenvalue weighted by Crippen LogP contribution is -2.63. The average Bonchev–Trinajstić information content (AvgIpc) is 3.46. The van der Waals surface area contributed by atoms with Gasteiger partial charge in [0.05, 0.1) is 36.0 Å². The maximum atomic E-state index is 15.5. The van der Waals surface area contributed by atoms with Crippen LogP contribution in [-0.2, 0) is 6.54 Å². The Balaban J connectivity index is 1.38. The Kier molecular flexibility index (Phi) is 8.22. The average molecular weight is 638 g/mol. The van der Waals surface area contributed by atoms with Gasteiger partial charge in [-0.05, 0) is 42.7 Å². The summed E-state index contributed by atoms with van der Waals surface area (Å²) in [7, 11) is 0. The van der Waals surface area contributed by atoms with Crippen molar-refractivity contribution in [1.82, 2.24) is 29.5 Å². The van der Waals surface area contributed by atoms with E-state index in [9.17, 15) is 18.7 Å². The Morgan fingerprint density at radius 3 is 2.67 bits per heavy atom. The SMILES string of the molecule is Nc1ncnc2c1ncn2Cc1cc(-c2cc(F)c(OC(=O)c3ccccn3)cc2F)ncc1N1CCC[C@](N)([C@H](O)C(F)F)C1. The van der Waals surface area contributed by atoms with Crippen LogP contribution in [0.3, 0.4) is 0 Å². The molecule has 1 aliphatic rings. The van der Waals surface area contributed by atoms with Crippen LogP contribution in [0, 0.1) is 11.6 Å². The largest absolute Gasteiger partial charge is 0.419 e. The molecule has 6 rings (SSSR count). The lowest BCUT2D eigenvalue weighted by molar-refractivity contribution is -0.0529. The van der Waals surface area contributed by atoms with Gasteiger partial charge in [0.2, 0.25) is 0 Å². The van der Waals surface area contributed by atoms with Crippen LogP contribution in [0.2, 0.25) is 0 Å². The molecule has 0 saturated carbocycles. The van der Waals surface area contributed by atoms with E-state index in [1.807, 2.05) is 0 Å². The zero-order valence-electron chi connectivity index (χ0n) is 24.0. The highest BCUT2D eigenvalue weighted by Crippen LogP contribution is 2.35. The van der Waals surface area contributed by atoms with Gasteiger partial charge in [0.1, 0.15) is 29.5 Å². The number of carbonyl (C=O) groups is 1. The molecule has 16 heteroatoms. The van der Waals surface area contributed by atoms with E-state index in [1.54, 1.807) is 21.6 Å². The molecule has 1 saturated heterocycles. The molecule has 1 aliphatic heterocycles. The number of aromatic nitrogens is 6. The number of fused-ring (bicyclic) bond motifs is 1. The molecular formula is C30H27F4N9O3. The first-order chi connectivity index (χ1) is 22.0. The maximum Gasteiger partial charge on any atom is 0.362 e. The van der Waals surface area contributed by atoms with Crippen molar-refractivity contribution in [2.75, 3.05) is 23.7 Å². The predicted molar refractivity (Wildman–Crippen MR) is 158 cm³/mol. The van der Waals surface area contributed by atoms with Gasteiger partial charge in [0.25, 0.3) is 6.43 Å². The van der Waals surface area contributed by atoms with Crippen LogP contribution < -0.4 is 21.1 Å². The second-order valence-electron chi connectivity index (χ2n) is 10.9. The highest BCUT2D eigenvalue weighted by atomic mass is 19.3. The van der Waals surface area contributed by atoms with E-state index in [0.717, 1.165) is 12.1 Å². The molecular weight excluding hydrogens is 610 g/mol. The summed E-state index contributed by atoms with van der Waals surface area (Å²) in [5, 5.41) is 10.2. The number of pyridine rings is 2. The fourth-order valence-electron chi connectivity index (χ4n) is 5.50. The smallest absolute Gasteiger partial charge is 0.362 e. The number of imidazole rings is 1. The number of hydrogen-bond donors (Lipinski definition) is 3. The number of halogens is 4. The van der Waals surface area contributed by atoms with Crippen molar-refractivity contribution in [2.24, 2.45) is 5.73 Å². The molecule has 4 aromatic heterocycles. The van der Waals surface area contributed by atoms with E-state index in [1.165, 1.54) is 37.2 Å². The molecule has 1 fully saturated rings. The minimum atomic E-state index is -3.04. The number of hydrogen-bond acceptors (Lipinski definition) is 11. The normalized spacial score (nSPS) is 17.4. The summed E-state index contributed by atoms with van der Waals surface area (Å²) in [4.78, 5) is 34.8. The molecule has 0 radical (unpaired) electrons. The summed E-state index contributed by atoms with van der Waals surface area (Å²) >= 11 is 0. The van der Waals surface area contributed by atoms with Crippen LogP contribution in [0.1, 0.15) is 28.9 Å². The van der Waals surface area contributed by atoms with Gasteiger partial charge < -0.3 is 30.8 Å². The number of benzene rings is 1. The number of piperidine rings is 1. The molecule has 5 aromatic rings. The third kappa shape index (κ3) is 5.91. The Labute approximate surface area is 258 Å². The van der Waals surface area contributed by atoms with Crippen molar-refractivity contribution in [2.45, 2.75) is 37.5 Å². The van der Waals surface area contributed by atoms with Crippen molar-refractivity contribution in [3.8, 4) is 17.0 Å². The highest BCUT2D eigenvalue weighted by molar-refractivity contribution is 5.89. The Morgan fingerprint density at radius 1 is 1.09 bits per heavy atom. The first-order valence-corrected chi connectivity index (χ1v) is 14.1. The van der Waals surface area contributed by atoms with Gasteiger partial charge in [0.15, 0.2) is 23.0 Å². The summed E-state index contributed by atoms with van der Waals surface area (Å²) in [6, 6.07) is 7.60. The van der Waals surface area contributed by atoms with Crippen LogP contribution in [0.4, 0.5) is 29.1 Å². The van der Waals surface area contributed by atoms with Crippen molar-refractivity contribution >= 4 is 28.6 Å². The number of esters is 1. The zero-order valence-corrected chi connectivity index (χ0v) is 24.0. The van der Waals surface area contributed by atoms with Crippen LogP contribution in [0.25, 0.3) is 22.4 Å². The van der Waals surface area contributed by atoms with Gasteiger partial charge in [-0.1, -0.05) is 6.07 Å². The molecule has 0 amide bonds. The van der Waals surface area contributed by atoms with Gasteiger partial charge in [0, 0.05) is 30.9 Å². The molecule has 5 N–H and O–H groups in total. The number of alkyl halides is 2. The molecule has 0 bridgehead atoms. The summed E-state index contributed by atoms with van der Waals surface area (Å²) in [6.45, 7) is 0.362. The minimum Gasteiger partial charge on any atom is -0.419 e. The molecule has 5 heterocycles. The molecule has 1 aromatic carbocycles. The van der Waals surface area contributed by atoms with Crippen LogP contribution >= 0.6 is 0 Å². The number of nitrogens with zero attached hydrogens (tertiary/aromatic N) is 7. The number of anilines is 2. The second kappa shape index (κ2) is 12.3. The lowest BCUT2D eigenvalue weighted by atomic mass is 9.84. The van der Waals surface area contributed by atoms with Crippen LogP contribution in [0.5, 0.6) is 5.75 Å². The van der Waals surface area contributed by atoms with E-state index >= 15 is 8.78 Å². The van der Waals surface area contributed by atoms with Gasteiger partial charge >= 0.3 is 5.97 Å². The summed E-state index contributed by atoms with van der Waals surface area (Å²) in [5.41, 5.74) is 12.0. The predicted octanol–water partition coefficient (Wildman–Crippen LogP) is 3.33. The Morgan fingerprint density at radius 2 is 1.91 bits per heavy atom. The standard InChI is InChI=1S/C30H27F4N9O3/c31-18-10-23(46-29(45)20-4-1-2-6-37-20)19(32)9-17(18)21-8-16(12-43-15-41-24-27(35)39-14-40-28(24)43)22(11-38-21)42-7-3-5-30(36,13-42)25(44)26(33)34/h1-2,4,6,8-11,14-15,25-26,44H,3,5,7,12-13,36H2,(H2,35,39,40)/t25-,30-/m1/s1. The lowest BCUT2D eigenvalue weighted by Gasteiger charge is -2.44. The topological polar surface area (TPSA) is 171 Å². The Bertz CT molecular complexity index is 1910. The van der Waals surface area contributed by atoms with Gasteiger partial charge in [-0.15, -0.1) is 0 Å². The summed E-state index contributed by atoms with van der Waals surface area (Å²) in [5.74, 6) is -3.40. The van der Waals surface area contributed by atoms with Crippen molar-refractivity contribution < 1.29 is 32.2 Å². The number of aliphatic hydroxyl groups excluding tert-OH is 1. The van der Waals surface area contributed by atoms with Gasteiger partial charge in [-0.25, -0.2) is 42.3 Å². The molecule has 0 spiro atoms. The van der Waals surface area contributed by atoms with E-state index in [0.29, 0.717) is 35.4 Å². The highest BCUT2D eigenvalue weighted by Gasteiger charge is 2.43. The number of carbonyl (C=O) groups excluding carboxylic acids is 1. The molecule has 46 heavy (non-hydrogen) atoms. The molecule has 12 nitrogen and oxygen atoms in total. The Hall–Kier alpha value is -5.22. The molecule has 238 valence electrons. The van der Waals surface area contributed by atoms with Crippen LogP contribution in [-0.4, -0.2) is 71.7 Å². The third-order valence-electron chi connectivity index (χ3n) is 7.83. The number of nitrogens with two attached hydrogens (primary N) is 2. The van der Waals surface area contributed by atoms with Crippen LogP contribution in [0.15, 0.2) is 61.4 Å². The fraction of sp³-hybridized carbons (Fsp3) is 0.267. The summed E-state index contributed by atoms with van der Waals surface area (Å²) in [6.07, 6.45) is 0.971. The number of nitrogen functional groups attached to an aromatic ring is 1. The minimum absolute atomic E-state index is 0.0277. The zero-order chi connectivity index (χ0) is 32.6. The maximum absolute atomic E-state index is 15.5. The van der Waals surface area contributed by atoms with E-state index in [-0.39, 0.29) is 42.3 Å². The molecule has 2 atom stereocenters. The second-order valence-corrected chi connectivity index (χ2v) is 10.9. The molecule has 0 unspecified atom stereocenters. The molecule has 0 aliphatic carbocycles. The number of ether oxygens (including phenoxy) is 1. The van der Waals surface area contributed by atoms with Crippen molar-refractivity contribution in [3.05, 3.63) is 84.3 Å². The van der Waals surface area contributed by atoms with Gasteiger partial charge in [-0.3, -0.25) is 4.98 Å². The monoisotopic (exact) mass is 637 g/mol. The van der Waals surface area contributed by atoms with Gasteiger partial charge in [-0.2, -0.15) is 0 Å². The quantitative estimate of drug-likeness (QED) is 0.130. The van der Waals surface area contributed by atoms with Crippen molar-refractivity contribution in [1.29, 1.82) is 0 Å².